The normalized spacial score (nSPS) is 28.7. The zero-order valence-electron chi connectivity index (χ0n) is 10.2. The number of carbonyl (C=O) groups is 1. The van der Waals surface area contributed by atoms with E-state index in [9.17, 15) is 4.79 Å². The van der Waals surface area contributed by atoms with Gasteiger partial charge in [-0.05, 0) is 37.3 Å². The third kappa shape index (κ3) is 1.87. The largest absolute Gasteiger partial charge is 0.338 e. The first kappa shape index (κ1) is 11.2. The highest BCUT2D eigenvalue weighted by atomic mass is 32.1. The molecule has 0 aliphatic carbocycles. The van der Waals surface area contributed by atoms with E-state index in [4.69, 9.17) is 0 Å². The molecule has 3 heterocycles. The number of hydrogen-bond acceptors (Lipinski definition) is 4. The highest BCUT2D eigenvalue weighted by Gasteiger charge is 2.40. The fourth-order valence-electron chi connectivity index (χ4n) is 3.06. The van der Waals surface area contributed by atoms with E-state index in [1.54, 1.807) is 0 Å². The van der Waals surface area contributed by atoms with Crippen LogP contribution < -0.4 is 0 Å². The molecule has 2 aliphatic heterocycles. The van der Waals surface area contributed by atoms with E-state index in [0.29, 0.717) is 11.8 Å². The summed E-state index contributed by atoms with van der Waals surface area (Å²) in [4.78, 5) is 16.7. The number of aryl methyl sites for hydroxylation is 1. The van der Waals surface area contributed by atoms with Gasteiger partial charge in [-0.1, -0.05) is 0 Å². The van der Waals surface area contributed by atoms with Crippen LogP contribution in [0.4, 0.5) is 0 Å². The van der Waals surface area contributed by atoms with Gasteiger partial charge in [0.25, 0.3) is 5.91 Å². The fourth-order valence-corrected chi connectivity index (χ4v) is 3.75. The minimum atomic E-state index is 0.174. The third-order valence-corrected chi connectivity index (χ3v) is 4.66. The molecule has 0 radical (unpaired) electrons. The summed E-state index contributed by atoms with van der Waals surface area (Å²) in [5.74, 6) is 1.53. The molecular weight excluding hydrogens is 234 g/mol. The first-order chi connectivity index (χ1) is 8.15. The summed E-state index contributed by atoms with van der Waals surface area (Å²) in [6.07, 6.45) is 0. The van der Waals surface area contributed by atoms with Crippen molar-refractivity contribution in [2.24, 2.45) is 11.8 Å². The summed E-state index contributed by atoms with van der Waals surface area (Å²) < 4.78 is 4.18. The molecule has 92 valence electrons. The average Bonchev–Trinajstić information content (AvgIpc) is 2.90. The predicted molar refractivity (Wildman–Crippen MR) is 67.2 cm³/mol. The topological polar surface area (TPSA) is 36.4 Å². The third-order valence-electron chi connectivity index (χ3n) is 3.94. The number of nitrogens with zero attached hydrogens (tertiary/aromatic N) is 3. The summed E-state index contributed by atoms with van der Waals surface area (Å²) >= 11 is 1.37. The van der Waals surface area contributed by atoms with Crippen LogP contribution in [0.15, 0.2) is 5.38 Å². The summed E-state index contributed by atoms with van der Waals surface area (Å²) in [5.41, 5.74) is 1.66. The number of hydrogen-bond donors (Lipinski definition) is 0. The zero-order valence-corrected chi connectivity index (χ0v) is 11.0. The maximum Gasteiger partial charge on any atom is 0.256 e. The Hall–Kier alpha value is -0.940. The molecule has 1 amide bonds. The molecule has 0 unspecified atom stereocenters. The number of fused-ring (bicyclic) bond motifs is 1. The van der Waals surface area contributed by atoms with E-state index < -0.39 is 0 Å². The Morgan fingerprint density at radius 2 is 2.00 bits per heavy atom. The van der Waals surface area contributed by atoms with Gasteiger partial charge in [-0.3, -0.25) is 4.79 Å². The van der Waals surface area contributed by atoms with Gasteiger partial charge in [-0.2, -0.15) is 4.37 Å². The van der Waals surface area contributed by atoms with E-state index in [1.165, 1.54) is 11.5 Å². The molecule has 17 heavy (non-hydrogen) atoms. The van der Waals surface area contributed by atoms with Gasteiger partial charge in [-0.15, -0.1) is 0 Å². The molecule has 3 rings (SSSR count). The first-order valence-corrected chi connectivity index (χ1v) is 6.87. The van der Waals surface area contributed by atoms with Crippen molar-refractivity contribution in [1.82, 2.24) is 14.2 Å². The molecule has 0 aromatic carbocycles. The van der Waals surface area contributed by atoms with E-state index in [2.05, 4.69) is 16.3 Å². The van der Waals surface area contributed by atoms with E-state index >= 15 is 0 Å². The van der Waals surface area contributed by atoms with Crippen LogP contribution in [0.2, 0.25) is 0 Å². The standard InChI is InChI=1S/C12H17N3OS/c1-8-11(7-17-13-8)12(16)15-5-9-3-14(2)4-10(9)6-15/h7,9-10H,3-6H2,1-2H3/t9-,10+. The van der Waals surface area contributed by atoms with Crippen molar-refractivity contribution in [1.29, 1.82) is 0 Å². The van der Waals surface area contributed by atoms with Crippen LogP contribution in [-0.4, -0.2) is 53.3 Å². The Morgan fingerprint density at radius 3 is 2.53 bits per heavy atom. The molecular formula is C12H17N3OS. The Labute approximate surface area is 105 Å². The van der Waals surface area contributed by atoms with Crippen molar-refractivity contribution in [2.75, 3.05) is 33.2 Å². The average molecular weight is 251 g/mol. The molecule has 2 atom stereocenters. The second kappa shape index (κ2) is 4.07. The summed E-state index contributed by atoms with van der Waals surface area (Å²) in [5, 5.41) is 1.87. The maximum absolute atomic E-state index is 12.3. The summed E-state index contributed by atoms with van der Waals surface area (Å²) in [7, 11) is 2.16. The van der Waals surface area contributed by atoms with Crippen LogP contribution in [0.1, 0.15) is 16.1 Å². The van der Waals surface area contributed by atoms with Crippen LogP contribution >= 0.6 is 11.5 Å². The lowest BCUT2D eigenvalue weighted by Crippen LogP contribution is -2.32. The molecule has 0 bridgehead atoms. The monoisotopic (exact) mass is 251 g/mol. The fraction of sp³-hybridized carbons (Fsp3) is 0.667. The lowest BCUT2D eigenvalue weighted by Gasteiger charge is -2.19. The van der Waals surface area contributed by atoms with Crippen LogP contribution in [0.5, 0.6) is 0 Å². The second-order valence-corrected chi connectivity index (χ2v) is 5.89. The van der Waals surface area contributed by atoms with E-state index in [1.807, 2.05) is 17.2 Å². The zero-order chi connectivity index (χ0) is 12.0. The first-order valence-electron chi connectivity index (χ1n) is 6.04. The van der Waals surface area contributed by atoms with E-state index in [0.717, 1.165) is 37.4 Å². The van der Waals surface area contributed by atoms with Crippen molar-refractivity contribution in [2.45, 2.75) is 6.92 Å². The minimum Gasteiger partial charge on any atom is -0.338 e. The predicted octanol–water partition coefficient (Wildman–Crippen LogP) is 1.09. The summed E-state index contributed by atoms with van der Waals surface area (Å²) in [6.45, 7) is 6.02. The highest BCUT2D eigenvalue weighted by molar-refractivity contribution is 7.03. The molecule has 2 saturated heterocycles. The van der Waals surface area contributed by atoms with Crippen molar-refractivity contribution in [3.8, 4) is 0 Å². The lowest BCUT2D eigenvalue weighted by atomic mass is 10.0. The van der Waals surface area contributed by atoms with Gasteiger partial charge in [0, 0.05) is 31.6 Å². The van der Waals surface area contributed by atoms with Crippen molar-refractivity contribution in [3.05, 3.63) is 16.6 Å². The van der Waals surface area contributed by atoms with E-state index in [-0.39, 0.29) is 5.91 Å². The molecule has 2 fully saturated rings. The number of carbonyl (C=O) groups excluding carboxylic acids is 1. The van der Waals surface area contributed by atoms with Gasteiger partial charge in [0.2, 0.25) is 0 Å². The molecule has 2 aliphatic rings. The van der Waals surface area contributed by atoms with Crippen LogP contribution in [0, 0.1) is 18.8 Å². The van der Waals surface area contributed by atoms with Gasteiger partial charge >= 0.3 is 0 Å². The highest BCUT2D eigenvalue weighted by Crippen LogP contribution is 2.31. The molecule has 0 saturated carbocycles. The van der Waals surface area contributed by atoms with Gasteiger partial charge in [-0.25, -0.2) is 0 Å². The van der Waals surface area contributed by atoms with Crippen LogP contribution in [0.3, 0.4) is 0 Å². The van der Waals surface area contributed by atoms with Gasteiger partial charge in [0.05, 0.1) is 11.3 Å². The quantitative estimate of drug-likeness (QED) is 0.749. The molecule has 1 aromatic rings. The van der Waals surface area contributed by atoms with Crippen LogP contribution in [0.25, 0.3) is 0 Å². The smallest absolute Gasteiger partial charge is 0.256 e. The Balaban J connectivity index is 1.72. The van der Waals surface area contributed by atoms with Crippen LogP contribution in [-0.2, 0) is 0 Å². The molecule has 5 heteroatoms. The number of amides is 1. The van der Waals surface area contributed by atoms with Crippen molar-refractivity contribution >= 4 is 17.4 Å². The number of aromatic nitrogens is 1. The molecule has 4 nitrogen and oxygen atoms in total. The SMILES string of the molecule is Cc1nscc1C(=O)N1C[C@H]2CN(C)C[C@H]2C1. The van der Waals surface area contributed by atoms with Crippen molar-refractivity contribution < 1.29 is 4.79 Å². The molecule has 0 N–H and O–H groups in total. The number of likely N-dealkylation sites (tertiary alicyclic amines) is 2. The van der Waals surface area contributed by atoms with Gasteiger partial charge < -0.3 is 9.80 Å². The Kier molecular flexibility index (Phi) is 2.67. The molecule has 0 spiro atoms. The lowest BCUT2D eigenvalue weighted by molar-refractivity contribution is 0.0775. The Morgan fingerprint density at radius 1 is 1.35 bits per heavy atom. The number of rotatable bonds is 1. The summed E-state index contributed by atoms with van der Waals surface area (Å²) in [6, 6.07) is 0. The van der Waals surface area contributed by atoms with Gasteiger partial charge in [0.1, 0.15) is 0 Å². The van der Waals surface area contributed by atoms with Crippen molar-refractivity contribution in [3.63, 3.8) is 0 Å². The Bertz CT molecular complexity index is 431. The second-order valence-electron chi connectivity index (χ2n) is 5.27. The minimum absolute atomic E-state index is 0.174. The maximum atomic E-state index is 12.3. The molecule has 1 aromatic heterocycles. The van der Waals surface area contributed by atoms with Gasteiger partial charge in [0.15, 0.2) is 0 Å².